The molecule has 0 amide bonds. The number of fused-ring (bicyclic) bond motifs is 4. The van der Waals surface area contributed by atoms with Gasteiger partial charge in [0, 0.05) is 37.2 Å². The lowest BCUT2D eigenvalue weighted by molar-refractivity contribution is 1.28. The van der Waals surface area contributed by atoms with Crippen molar-refractivity contribution in [3.8, 4) is 55.6 Å². The lowest BCUT2D eigenvalue weighted by atomic mass is 9.97. The summed E-state index contributed by atoms with van der Waals surface area (Å²) in [6.07, 6.45) is 0. The third-order valence-corrected chi connectivity index (χ3v) is 12.8. The van der Waals surface area contributed by atoms with Gasteiger partial charge in [-0.2, -0.15) is 0 Å². The molecule has 10 aromatic carbocycles. The molecule has 0 spiro atoms. The van der Waals surface area contributed by atoms with Crippen LogP contribution in [-0.4, -0.2) is 0 Å². The van der Waals surface area contributed by atoms with Crippen molar-refractivity contribution < 1.29 is 0 Å². The van der Waals surface area contributed by atoms with Crippen molar-refractivity contribution in [2.75, 3.05) is 4.90 Å². The SMILES string of the molecule is c1ccc(-c2ccc(-c3cccc(N(c4ccc(-c5cccc(-c6ccc7ccccc7c6)c5)cc4)c4ccc(-c5cccc6sc7ccccc7c56)cc4)c3)cc2)cc1. The van der Waals surface area contributed by atoms with Crippen molar-refractivity contribution in [1.82, 2.24) is 0 Å². The molecule has 0 saturated carbocycles. The van der Waals surface area contributed by atoms with E-state index in [1.807, 2.05) is 11.3 Å². The molecule has 0 aliphatic carbocycles. The van der Waals surface area contributed by atoms with Crippen molar-refractivity contribution in [2.24, 2.45) is 0 Å². The van der Waals surface area contributed by atoms with Crippen LogP contribution in [0.4, 0.5) is 17.1 Å². The van der Waals surface area contributed by atoms with Gasteiger partial charge in [0.2, 0.25) is 0 Å². The largest absolute Gasteiger partial charge is 0.310 e. The number of nitrogens with zero attached hydrogens (tertiary/aromatic N) is 1. The fourth-order valence-corrected chi connectivity index (χ4v) is 9.75. The molecule has 2 heteroatoms. The fraction of sp³-hybridized carbons (Fsp3) is 0. The van der Waals surface area contributed by atoms with E-state index < -0.39 is 0 Å². The Morgan fingerprint density at radius 2 is 0.750 bits per heavy atom. The highest BCUT2D eigenvalue weighted by Crippen LogP contribution is 2.42. The van der Waals surface area contributed by atoms with Gasteiger partial charge in [0.25, 0.3) is 0 Å². The molecule has 282 valence electrons. The summed E-state index contributed by atoms with van der Waals surface area (Å²) in [5, 5.41) is 5.15. The minimum absolute atomic E-state index is 1.10. The highest BCUT2D eigenvalue weighted by Gasteiger charge is 2.16. The van der Waals surface area contributed by atoms with Gasteiger partial charge in [0.05, 0.1) is 0 Å². The van der Waals surface area contributed by atoms with Crippen LogP contribution in [0.5, 0.6) is 0 Å². The number of benzene rings is 10. The van der Waals surface area contributed by atoms with Crippen LogP contribution in [0, 0.1) is 0 Å². The summed E-state index contributed by atoms with van der Waals surface area (Å²) in [4.78, 5) is 2.38. The predicted octanol–water partition coefficient (Wildman–Crippen LogP) is 17.0. The Balaban J connectivity index is 0.969. The number of hydrogen-bond acceptors (Lipinski definition) is 2. The Bertz CT molecular complexity index is 3290. The summed E-state index contributed by atoms with van der Waals surface area (Å²) in [6, 6.07) is 86.1. The van der Waals surface area contributed by atoms with Gasteiger partial charge in [0.15, 0.2) is 0 Å². The van der Waals surface area contributed by atoms with Crippen LogP contribution in [0.1, 0.15) is 0 Å². The highest BCUT2D eigenvalue weighted by atomic mass is 32.1. The molecule has 0 radical (unpaired) electrons. The molecule has 0 atom stereocenters. The van der Waals surface area contributed by atoms with Gasteiger partial charge in [-0.3, -0.25) is 0 Å². The number of anilines is 3. The van der Waals surface area contributed by atoms with Gasteiger partial charge in [-0.25, -0.2) is 0 Å². The second-order valence-corrected chi connectivity index (χ2v) is 16.4. The Kier molecular flexibility index (Phi) is 9.11. The van der Waals surface area contributed by atoms with E-state index in [1.165, 1.54) is 86.6 Å². The molecule has 11 aromatic rings. The fourth-order valence-electron chi connectivity index (χ4n) is 8.61. The molecule has 0 bridgehead atoms. The maximum absolute atomic E-state index is 2.38. The molecule has 0 aliphatic heterocycles. The Morgan fingerprint density at radius 3 is 1.50 bits per heavy atom. The first-order chi connectivity index (χ1) is 29.7. The van der Waals surface area contributed by atoms with E-state index in [0.29, 0.717) is 0 Å². The number of thiophene rings is 1. The zero-order valence-corrected chi connectivity index (χ0v) is 33.7. The normalized spacial score (nSPS) is 11.3. The van der Waals surface area contributed by atoms with Gasteiger partial charge in [-0.1, -0.05) is 176 Å². The quantitative estimate of drug-likeness (QED) is 0.148. The smallest absolute Gasteiger partial charge is 0.0467 e. The second-order valence-electron chi connectivity index (χ2n) is 15.3. The van der Waals surface area contributed by atoms with Gasteiger partial charge in [-0.05, 0) is 127 Å². The molecule has 0 saturated heterocycles. The topological polar surface area (TPSA) is 3.24 Å². The van der Waals surface area contributed by atoms with E-state index in [-0.39, 0.29) is 0 Å². The van der Waals surface area contributed by atoms with E-state index in [0.717, 1.165) is 17.1 Å². The lowest BCUT2D eigenvalue weighted by Gasteiger charge is -2.26. The Hall–Kier alpha value is -7.52. The Morgan fingerprint density at radius 1 is 0.267 bits per heavy atom. The van der Waals surface area contributed by atoms with Gasteiger partial charge >= 0.3 is 0 Å². The standard InChI is InChI=1S/C58H39NS/c1-2-11-40(12-3-1)42-23-25-43(26-24-42)49-17-9-18-53(39-49)59(52-35-31-45(32-36-52)54-20-10-22-57-58(54)55-19-6-7-21-56(55)60-57)51-33-29-44(30-34-51)47-15-8-16-48(37-47)50-28-27-41-13-4-5-14-46(41)38-50/h1-39H. The summed E-state index contributed by atoms with van der Waals surface area (Å²) in [5.41, 5.74) is 15.4. The predicted molar refractivity (Wildman–Crippen MR) is 259 cm³/mol. The second kappa shape index (κ2) is 15.3. The molecule has 1 heterocycles. The average molecular weight is 782 g/mol. The maximum atomic E-state index is 2.38. The lowest BCUT2D eigenvalue weighted by Crippen LogP contribution is -2.10. The first-order valence-corrected chi connectivity index (χ1v) is 21.3. The summed E-state index contributed by atoms with van der Waals surface area (Å²) in [6.45, 7) is 0. The summed E-state index contributed by atoms with van der Waals surface area (Å²) < 4.78 is 2.64. The van der Waals surface area contributed by atoms with E-state index in [9.17, 15) is 0 Å². The van der Waals surface area contributed by atoms with Crippen molar-refractivity contribution in [3.05, 3.63) is 237 Å². The first-order valence-electron chi connectivity index (χ1n) is 20.5. The Labute approximate surface area is 354 Å². The minimum Gasteiger partial charge on any atom is -0.310 e. The number of hydrogen-bond donors (Lipinski definition) is 0. The zero-order chi connectivity index (χ0) is 39.8. The van der Waals surface area contributed by atoms with Gasteiger partial charge in [0.1, 0.15) is 0 Å². The molecular weight excluding hydrogens is 743 g/mol. The average Bonchev–Trinajstić information content (AvgIpc) is 3.72. The van der Waals surface area contributed by atoms with Crippen LogP contribution in [0.2, 0.25) is 0 Å². The summed E-state index contributed by atoms with van der Waals surface area (Å²) in [5.74, 6) is 0. The van der Waals surface area contributed by atoms with Crippen LogP contribution >= 0.6 is 11.3 Å². The third kappa shape index (κ3) is 6.73. The van der Waals surface area contributed by atoms with Crippen LogP contribution < -0.4 is 4.90 Å². The molecular formula is C58H39NS. The minimum atomic E-state index is 1.10. The van der Waals surface area contributed by atoms with Crippen LogP contribution in [0.3, 0.4) is 0 Å². The molecule has 0 unspecified atom stereocenters. The highest BCUT2D eigenvalue weighted by molar-refractivity contribution is 7.25. The molecule has 0 N–H and O–H groups in total. The van der Waals surface area contributed by atoms with Crippen LogP contribution in [0.25, 0.3) is 86.6 Å². The van der Waals surface area contributed by atoms with Gasteiger partial charge in [-0.15, -0.1) is 11.3 Å². The van der Waals surface area contributed by atoms with Crippen molar-refractivity contribution in [2.45, 2.75) is 0 Å². The molecule has 0 fully saturated rings. The summed E-state index contributed by atoms with van der Waals surface area (Å²) >= 11 is 1.86. The monoisotopic (exact) mass is 781 g/mol. The van der Waals surface area contributed by atoms with E-state index in [2.05, 4.69) is 241 Å². The third-order valence-electron chi connectivity index (χ3n) is 11.7. The van der Waals surface area contributed by atoms with E-state index in [1.54, 1.807) is 0 Å². The van der Waals surface area contributed by atoms with Gasteiger partial charge < -0.3 is 4.90 Å². The number of rotatable bonds is 8. The van der Waals surface area contributed by atoms with Crippen molar-refractivity contribution in [3.63, 3.8) is 0 Å². The molecule has 0 aliphatic rings. The van der Waals surface area contributed by atoms with Crippen LogP contribution in [-0.2, 0) is 0 Å². The summed E-state index contributed by atoms with van der Waals surface area (Å²) in [7, 11) is 0. The van der Waals surface area contributed by atoms with Crippen molar-refractivity contribution >= 4 is 59.3 Å². The molecule has 60 heavy (non-hydrogen) atoms. The molecule has 1 nitrogen and oxygen atoms in total. The van der Waals surface area contributed by atoms with Crippen molar-refractivity contribution in [1.29, 1.82) is 0 Å². The first kappa shape index (κ1) is 35.6. The zero-order valence-electron chi connectivity index (χ0n) is 32.9. The van der Waals surface area contributed by atoms with E-state index >= 15 is 0 Å². The van der Waals surface area contributed by atoms with Crippen LogP contribution in [0.15, 0.2) is 237 Å². The molecule has 1 aromatic heterocycles. The van der Waals surface area contributed by atoms with E-state index in [4.69, 9.17) is 0 Å². The maximum Gasteiger partial charge on any atom is 0.0467 e. The molecule has 11 rings (SSSR count).